The number of carbonyl (C=O) groups is 2. The van der Waals surface area contributed by atoms with Crippen LogP contribution in [0.25, 0.3) is 5.69 Å². The quantitative estimate of drug-likeness (QED) is 0.401. The summed E-state index contributed by atoms with van der Waals surface area (Å²) in [5.41, 5.74) is 3.09. The van der Waals surface area contributed by atoms with Gasteiger partial charge in [0.15, 0.2) is 11.5 Å². The van der Waals surface area contributed by atoms with Crippen LogP contribution >= 0.6 is 11.8 Å². The molecule has 0 spiro atoms. The number of aromatic nitrogens is 2. The molecule has 0 bridgehead atoms. The van der Waals surface area contributed by atoms with Crippen molar-refractivity contribution in [2.45, 2.75) is 31.4 Å². The molecule has 224 valence electrons. The van der Waals surface area contributed by atoms with Crippen molar-refractivity contribution >= 4 is 29.4 Å². The van der Waals surface area contributed by atoms with Gasteiger partial charge in [0.05, 0.1) is 56.9 Å². The highest BCUT2D eigenvalue weighted by Crippen LogP contribution is 2.49. The number of benzene rings is 2. The van der Waals surface area contributed by atoms with Crippen LogP contribution in [0.4, 0.5) is 5.82 Å². The molecule has 1 atom stereocenters. The first-order chi connectivity index (χ1) is 20.2. The van der Waals surface area contributed by atoms with Crippen LogP contribution in [0.3, 0.4) is 0 Å². The van der Waals surface area contributed by atoms with Crippen LogP contribution in [0.2, 0.25) is 0 Å². The van der Waals surface area contributed by atoms with Crippen LogP contribution in [0.5, 0.6) is 17.2 Å². The minimum Gasteiger partial charge on any atom is -0.497 e. The first kappa shape index (κ1) is 29.8. The molecule has 1 fully saturated rings. The molecule has 0 aliphatic carbocycles. The summed E-state index contributed by atoms with van der Waals surface area (Å²) in [6, 6.07) is 13.4. The van der Waals surface area contributed by atoms with E-state index in [1.165, 1.54) is 11.8 Å². The number of thioether (sulfide) groups is 1. The molecule has 0 unspecified atom stereocenters. The number of ether oxygens (including phenoxy) is 4. The van der Waals surface area contributed by atoms with E-state index in [-0.39, 0.29) is 34.8 Å². The molecule has 1 aromatic heterocycles. The highest BCUT2D eigenvalue weighted by molar-refractivity contribution is 8.00. The number of hydrogen-bond donors (Lipinski definition) is 0. The van der Waals surface area contributed by atoms with E-state index in [1.807, 2.05) is 42.5 Å². The second-order valence-corrected chi connectivity index (χ2v) is 12.3. The van der Waals surface area contributed by atoms with Crippen LogP contribution in [-0.4, -0.2) is 86.4 Å². The van der Waals surface area contributed by atoms with Crippen molar-refractivity contribution in [2.24, 2.45) is 0 Å². The van der Waals surface area contributed by atoms with E-state index in [4.69, 9.17) is 24.0 Å². The zero-order valence-corrected chi connectivity index (χ0v) is 25.8. The van der Waals surface area contributed by atoms with Gasteiger partial charge in [-0.1, -0.05) is 26.8 Å². The number of nitrogens with zero attached hydrogens (tertiary/aromatic N) is 4. The van der Waals surface area contributed by atoms with Crippen molar-refractivity contribution in [1.29, 1.82) is 0 Å². The van der Waals surface area contributed by atoms with Gasteiger partial charge in [-0.25, -0.2) is 4.68 Å². The van der Waals surface area contributed by atoms with E-state index in [9.17, 15) is 9.59 Å². The average molecular weight is 595 g/mol. The van der Waals surface area contributed by atoms with Crippen molar-refractivity contribution in [3.8, 4) is 22.9 Å². The Morgan fingerprint density at radius 1 is 1.00 bits per heavy atom. The van der Waals surface area contributed by atoms with Gasteiger partial charge < -0.3 is 23.8 Å². The van der Waals surface area contributed by atoms with Crippen molar-refractivity contribution < 1.29 is 28.5 Å². The van der Waals surface area contributed by atoms with Gasteiger partial charge in [-0.2, -0.15) is 5.10 Å². The van der Waals surface area contributed by atoms with E-state index in [1.54, 1.807) is 35.8 Å². The Hall–Kier alpha value is -3.70. The lowest BCUT2D eigenvalue weighted by Gasteiger charge is -2.30. The maximum Gasteiger partial charge on any atom is 0.242 e. The molecular weight excluding hydrogens is 556 g/mol. The van der Waals surface area contributed by atoms with Crippen molar-refractivity contribution in [3.05, 3.63) is 59.3 Å². The van der Waals surface area contributed by atoms with E-state index < -0.39 is 0 Å². The highest BCUT2D eigenvalue weighted by Gasteiger charge is 2.40. The molecule has 1 saturated heterocycles. The van der Waals surface area contributed by atoms with Gasteiger partial charge in [-0.3, -0.25) is 14.5 Å². The Labute approximate surface area is 250 Å². The Bertz CT molecular complexity index is 1440. The fourth-order valence-electron chi connectivity index (χ4n) is 5.30. The summed E-state index contributed by atoms with van der Waals surface area (Å²) in [7, 11) is 4.84. The average Bonchev–Trinajstić information content (AvgIpc) is 3.34. The summed E-state index contributed by atoms with van der Waals surface area (Å²) in [4.78, 5) is 30.9. The fourth-order valence-corrected chi connectivity index (χ4v) is 6.49. The smallest absolute Gasteiger partial charge is 0.242 e. The van der Waals surface area contributed by atoms with Gasteiger partial charge >= 0.3 is 0 Å². The predicted molar refractivity (Wildman–Crippen MR) is 162 cm³/mol. The number of methoxy groups -OCH3 is 3. The molecule has 2 aromatic carbocycles. The maximum absolute atomic E-state index is 13.9. The van der Waals surface area contributed by atoms with Crippen molar-refractivity contribution in [3.63, 3.8) is 0 Å². The van der Waals surface area contributed by atoms with Crippen molar-refractivity contribution in [1.82, 2.24) is 14.7 Å². The molecule has 11 heteroatoms. The molecule has 3 aromatic rings. The topological polar surface area (TPSA) is 95.4 Å². The lowest BCUT2D eigenvalue weighted by molar-refractivity contribution is -0.134. The number of anilines is 1. The third kappa shape index (κ3) is 5.80. The van der Waals surface area contributed by atoms with Gasteiger partial charge in [0.1, 0.15) is 18.1 Å². The molecule has 0 saturated carbocycles. The third-order valence-electron chi connectivity index (χ3n) is 7.48. The van der Waals surface area contributed by atoms with E-state index in [0.717, 1.165) is 22.5 Å². The zero-order valence-electron chi connectivity index (χ0n) is 25.0. The van der Waals surface area contributed by atoms with E-state index in [0.29, 0.717) is 49.4 Å². The fraction of sp³-hybridized carbons (Fsp3) is 0.452. The monoisotopic (exact) mass is 594 g/mol. The molecular formula is C31H38N4O6S. The van der Waals surface area contributed by atoms with E-state index in [2.05, 4.69) is 20.8 Å². The Kier molecular flexibility index (Phi) is 8.70. The summed E-state index contributed by atoms with van der Waals surface area (Å²) < 4.78 is 23.8. The molecule has 2 amide bonds. The Morgan fingerprint density at radius 2 is 1.69 bits per heavy atom. The summed E-state index contributed by atoms with van der Waals surface area (Å²) >= 11 is 1.53. The lowest BCUT2D eigenvalue weighted by atomic mass is 9.87. The van der Waals surface area contributed by atoms with Crippen LogP contribution in [0, 0.1) is 0 Å². The SMILES string of the molecule is COc1ccc(-n2nc(C(C)(C)C)c3c2N(CC(=O)N2CCOCC2)C(=O)CS[C@H]3c2ccc(OC)c(OC)c2)cc1. The number of amides is 2. The molecule has 5 rings (SSSR count). The normalized spacial score (nSPS) is 17.5. The maximum atomic E-state index is 13.9. The van der Waals surface area contributed by atoms with Crippen LogP contribution in [0.15, 0.2) is 42.5 Å². The molecule has 0 N–H and O–H groups in total. The van der Waals surface area contributed by atoms with Gasteiger partial charge in [-0.15, -0.1) is 11.8 Å². The number of carbonyl (C=O) groups excluding carboxylic acids is 2. The number of hydrogen-bond acceptors (Lipinski definition) is 8. The van der Waals surface area contributed by atoms with Gasteiger partial charge in [-0.05, 0) is 42.0 Å². The lowest BCUT2D eigenvalue weighted by Crippen LogP contribution is -2.48. The largest absolute Gasteiger partial charge is 0.497 e. The van der Waals surface area contributed by atoms with Crippen LogP contribution in [0.1, 0.15) is 42.8 Å². The summed E-state index contributed by atoms with van der Waals surface area (Å²) in [5, 5.41) is 4.90. The summed E-state index contributed by atoms with van der Waals surface area (Å²) in [6.07, 6.45) is 0. The minimum absolute atomic E-state index is 0.0868. The Morgan fingerprint density at radius 3 is 2.31 bits per heavy atom. The van der Waals surface area contributed by atoms with Gasteiger partial charge in [0.25, 0.3) is 0 Å². The number of morpholine rings is 1. The standard InChI is InChI=1S/C31H38N4O6S/c1-31(2,3)29-27-28(20-7-12-23(39-5)24(17-20)40-6)42-19-26(37)34(18-25(36)33-13-15-41-16-14-33)30(27)35(32-29)21-8-10-22(38-4)11-9-21/h7-12,17,28H,13-16,18-19H2,1-6H3/t28-/m0/s1. The molecule has 3 heterocycles. The molecule has 2 aliphatic rings. The first-order valence-corrected chi connectivity index (χ1v) is 15.0. The second kappa shape index (κ2) is 12.3. The molecule has 0 radical (unpaired) electrons. The summed E-state index contributed by atoms with van der Waals surface area (Å²) in [5.74, 6) is 2.46. The highest BCUT2D eigenvalue weighted by atomic mass is 32.2. The van der Waals surface area contributed by atoms with Crippen LogP contribution in [-0.2, 0) is 19.7 Å². The zero-order chi connectivity index (χ0) is 30.0. The van der Waals surface area contributed by atoms with Gasteiger partial charge in [0, 0.05) is 24.1 Å². The third-order valence-corrected chi connectivity index (χ3v) is 8.74. The number of rotatable bonds is 7. The molecule has 42 heavy (non-hydrogen) atoms. The second-order valence-electron chi connectivity index (χ2n) is 11.2. The number of fused-ring (bicyclic) bond motifs is 1. The van der Waals surface area contributed by atoms with Crippen molar-refractivity contribution in [2.75, 3.05) is 64.8 Å². The van der Waals surface area contributed by atoms with Gasteiger partial charge in [0.2, 0.25) is 11.8 Å². The van der Waals surface area contributed by atoms with Crippen LogP contribution < -0.4 is 19.1 Å². The molecule has 2 aliphatic heterocycles. The summed E-state index contributed by atoms with van der Waals surface area (Å²) in [6.45, 7) is 8.22. The molecule has 10 nitrogen and oxygen atoms in total. The minimum atomic E-state index is -0.371. The van der Waals surface area contributed by atoms with E-state index >= 15 is 0 Å². The predicted octanol–water partition coefficient (Wildman–Crippen LogP) is 4.22. The Balaban J connectivity index is 1.73. The first-order valence-electron chi connectivity index (χ1n) is 13.9.